The molecule has 3 nitrogen and oxygen atoms in total. The molecular formula is C15H20N2O. The van der Waals surface area contributed by atoms with Gasteiger partial charge in [0.25, 0.3) is 0 Å². The molecule has 0 saturated heterocycles. The first-order valence-electron chi connectivity index (χ1n) is 6.53. The molecule has 0 atom stereocenters. The molecule has 0 N–H and O–H groups in total. The van der Waals surface area contributed by atoms with Crippen LogP contribution in [0.15, 0.2) is 36.5 Å². The van der Waals surface area contributed by atoms with E-state index >= 15 is 0 Å². The lowest BCUT2D eigenvalue weighted by molar-refractivity contribution is 0.222. The Hall–Kier alpha value is -1.61. The Morgan fingerprint density at radius 3 is 2.72 bits per heavy atom. The summed E-state index contributed by atoms with van der Waals surface area (Å²) >= 11 is 0. The number of hydrogen-bond acceptors (Lipinski definition) is 3. The summed E-state index contributed by atoms with van der Waals surface area (Å²) in [6.45, 7) is 8.13. The average molecular weight is 244 g/mol. The summed E-state index contributed by atoms with van der Waals surface area (Å²) in [6.07, 6.45) is 1.80. The van der Waals surface area contributed by atoms with Gasteiger partial charge in [-0.3, -0.25) is 4.98 Å². The van der Waals surface area contributed by atoms with Crippen molar-refractivity contribution in [2.75, 3.05) is 26.2 Å². The standard InChI is InChI=1S/C15H20N2O/c1-3-17(4-2)9-10-18-14-11-13-7-5-6-8-15(13)16-12-14/h5-8,11-12H,3-4,9-10H2,1-2H3. The Balaban J connectivity index is 1.95. The summed E-state index contributed by atoms with van der Waals surface area (Å²) in [5.41, 5.74) is 1.01. The number of fused-ring (bicyclic) bond motifs is 1. The fourth-order valence-corrected chi connectivity index (χ4v) is 1.96. The van der Waals surface area contributed by atoms with Crippen molar-refractivity contribution < 1.29 is 4.74 Å². The third kappa shape index (κ3) is 3.20. The van der Waals surface area contributed by atoms with Crippen molar-refractivity contribution >= 4 is 10.9 Å². The van der Waals surface area contributed by atoms with Crippen molar-refractivity contribution in [2.24, 2.45) is 0 Å². The summed E-state index contributed by atoms with van der Waals surface area (Å²) in [4.78, 5) is 6.72. The van der Waals surface area contributed by atoms with E-state index in [2.05, 4.69) is 29.8 Å². The maximum atomic E-state index is 5.74. The molecule has 3 heteroatoms. The highest BCUT2D eigenvalue weighted by atomic mass is 16.5. The largest absolute Gasteiger partial charge is 0.491 e. The molecule has 0 unspecified atom stereocenters. The van der Waals surface area contributed by atoms with Crippen LogP contribution in [0.3, 0.4) is 0 Å². The number of likely N-dealkylation sites (N-methyl/N-ethyl adjacent to an activating group) is 1. The molecule has 0 radical (unpaired) electrons. The van der Waals surface area contributed by atoms with Gasteiger partial charge in [0, 0.05) is 11.9 Å². The highest BCUT2D eigenvalue weighted by Crippen LogP contribution is 2.17. The number of para-hydroxylation sites is 1. The number of nitrogens with zero attached hydrogens (tertiary/aromatic N) is 2. The van der Waals surface area contributed by atoms with Crippen LogP contribution >= 0.6 is 0 Å². The first kappa shape index (κ1) is 12.8. The normalized spacial score (nSPS) is 11.1. The average Bonchev–Trinajstić information content (AvgIpc) is 2.43. The first-order chi connectivity index (χ1) is 8.83. The molecule has 2 rings (SSSR count). The van der Waals surface area contributed by atoms with Gasteiger partial charge in [-0.25, -0.2) is 0 Å². The van der Waals surface area contributed by atoms with Gasteiger partial charge >= 0.3 is 0 Å². The number of pyridine rings is 1. The molecule has 0 saturated carbocycles. The maximum absolute atomic E-state index is 5.74. The molecule has 0 bridgehead atoms. The van der Waals surface area contributed by atoms with Gasteiger partial charge in [0.1, 0.15) is 12.4 Å². The molecule has 18 heavy (non-hydrogen) atoms. The summed E-state index contributed by atoms with van der Waals surface area (Å²) in [7, 11) is 0. The van der Waals surface area contributed by atoms with Crippen molar-refractivity contribution in [3.63, 3.8) is 0 Å². The molecule has 0 fully saturated rings. The minimum Gasteiger partial charge on any atom is -0.491 e. The molecule has 0 spiro atoms. The van der Waals surface area contributed by atoms with Crippen molar-refractivity contribution in [3.8, 4) is 5.75 Å². The van der Waals surface area contributed by atoms with Gasteiger partial charge in [0.05, 0.1) is 11.7 Å². The van der Waals surface area contributed by atoms with Crippen LogP contribution in [0.2, 0.25) is 0 Å². The van der Waals surface area contributed by atoms with Gasteiger partial charge in [-0.15, -0.1) is 0 Å². The Kier molecular flexibility index (Phi) is 4.53. The van der Waals surface area contributed by atoms with Crippen LogP contribution in [0, 0.1) is 0 Å². The zero-order valence-corrected chi connectivity index (χ0v) is 11.1. The molecule has 96 valence electrons. The molecular weight excluding hydrogens is 224 g/mol. The van der Waals surface area contributed by atoms with Crippen LogP contribution < -0.4 is 4.74 Å². The number of hydrogen-bond donors (Lipinski definition) is 0. The summed E-state index contributed by atoms with van der Waals surface area (Å²) < 4.78 is 5.74. The fraction of sp³-hybridized carbons (Fsp3) is 0.400. The van der Waals surface area contributed by atoms with Crippen molar-refractivity contribution in [1.29, 1.82) is 0 Å². The quantitative estimate of drug-likeness (QED) is 0.781. The van der Waals surface area contributed by atoms with Crippen molar-refractivity contribution in [2.45, 2.75) is 13.8 Å². The van der Waals surface area contributed by atoms with E-state index in [9.17, 15) is 0 Å². The van der Waals surface area contributed by atoms with E-state index in [4.69, 9.17) is 4.74 Å². The second kappa shape index (κ2) is 6.36. The minimum atomic E-state index is 0.710. The van der Waals surface area contributed by atoms with E-state index in [1.807, 2.05) is 24.3 Å². The summed E-state index contributed by atoms with van der Waals surface area (Å²) in [6, 6.07) is 10.1. The van der Waals surface area contributed by atoms with Crippen LogP contribution in [0.25, 0.3) is 10.9 Å². The van der Waals surface area contributed by atoms with Crippen LogP contribution in [-0.4, -0.2) is 36.1 Å². The second-order valence-corrected chi connectivity index (χ2v) is 4.24. The van der Waals surface area contributed by atoms with E-state index in [1.165, 1.54) is 0 Å². The molecule has 2 aromatic rings. The van der Waals surface area contributed by atoms with Gasteiger partial charge in [-0.05, 0) is 25.2 Å². The van der Waals surface area contributed by atoms with Crippen LogP contribution in [0.5, 0.6) is 5.75 Å². The summed E-state index contributed by atoms with van der Waals surface area (Å²) in [5, 5.41) is 1.12. The second-order valence-electron chi connectivity index (χ2n) is 4.24. The predicted molar refractivity (Wildman–Crippen MR) is 75.0 cm³/mol. The van der Waals surface area contributed by atoms with Crippen molar-refractivity contribution in [1.82, 2.24) is 9.88 Å². The van der Waals surface area contributed by atoms with E-state index in [1.54, 1.807) is 6.20 Å². The molecule has 1 heterocycles. The highest BCUT2D eigenvalue weighted by Gasteiger charge is 2.01. The lowest BCUT2D eigenvalue weighted by Crippen LogP contribution is -2.27. The van der Waals surface area contributed by atoms with Crippen LogP contribution in [-0.2, 0) is 0 Å². The fourth-order valence-electron chi connectivity index (χ4n) is 1.96. The number of aromatic nitrogens is 1. The third-order valence-corrected chi connectivity index (χ3v) is 3.14. The van der Waals surface area contributed by atoms with Crippen molar-refractivity contribution in [3.05, 3.63) is 36.5 Å². The maximum Gasteiger partial charge on any atom is 0.138 e. The minimum absolute atomic E-state index is 0.710. The zero-order chi connectivity index (χ0) is 12.8. The predicted octanol–water partition coefficient (Wildman–Crippen LogP) is 2.96. The lowest BCUT2D eigenvalue weighted by atomic mass is 10.2. The highest BCUT2D eigenvalue weighted by molar-refractivity contribution is 5.79. The van der Waals surface area contributed by atoms with Gasteiger partial charge in [0.15, 0.2) is 0 Å². The Morgan fingerprint density at radius 2 is 1.94 bits per heavy atom. The molecule has 0 aliphatic rings. The molecule has 0 amide bonds. The Labute approximate surface area is 108 Å². The van der Waals surface area contributed by atoms with Gasteiger partial charge in [0.2, 0.25) is 0 Å². The Bertz CT molecular complexity index is 495. The van der Waals surface area contributed by atoms with E-state index in [0.29, 0.717) is 6.61 Å². The van der Waals surface area contributed by atoms with Gasteiger partial charge < -0.3 is 9.64 Å². The van der Waals surface area contributed by atoms with Gasteiger partial charge in [-0.1, -0.05) is 32.0 Å². The third-order valence-electron chi connectivity index (χ3n) is 3.14. The smallest absolute Gasteiger partial charge is 0.138 e. The lowest BCUT2D eigenvalue weighted by Gasteiger charge is -2.17. The molecule has 0 aliphatic heterocycles. The zero-order valence-electron chi connectivity index (χ0n) is 11.1. The van der Waals surface area contributed by atoms with E-state index < -0.39 is 0 Å². The number of ether oxygens (including phenoxy) is 1. The topological polar surface area (TPSA) is 25.4 Å². The van der Waals surface area contributed by atoms with Gasteiger partial charge in [-0.2, -0.15) is 0 Å². The molecule has 0 aliphatic carbocycles. The summed E-state index contributed by atoms with van der Waals surface area (Å²) in [5.74, 6) is 0.848. The number of rotatable bonds is 6. The van der Waals surface area contributed by atoms with E-state index in [0.717, 1.165) is 36.3 Å². The Morgan fingerprint density at radius 1 is 1.17 bits per heavy atom. The molecule has 1 aromatic heterocycles. The molecule has 1 aromatic carbocycles. The van der Waals surface area contributed by atoms with Crippen LogP contribution in [0.4, 0.5) is 0 Å². The van der Waals surface area contributed by atoms with Crippen LogP contribution in [0.1, 0.15) is 13.8 Å². The number of benzene rings is 1. The monoisotopic (exact) mass is 244 g/mol. The first-order valence-corrected chi connectivity index (χ1v) is 6.53. The van der Waals surface area contributed by atoms with E-state index in [-0.39, 0.29) is 0 Å². The SMILES string of the molecule is CCN(CC)CCOc1cnc2ccccc2c1.